The molecular weight excluding hydrogens is 195 g/mol. The fourth-order valence-electron chi connectivity index (χ4n) is 0.393. The maximum absolute atomic E-state index is 12.0. The van der Waals surface area contributed by atoms with Crippen LogP contribution in [0.1, 0.15) is 6.92 Å². The quantitative estimate of drug-likeness (QED) is 0.451. The molecule has 14 heavy (non-hydrogen) atoms. The van der Waals surface area contributed by atoms with Gasteiger partial charge in [-0.1, -0.05) is 0 Å². The van der Waals surface area contributed by atoms with Gasteiger partial charge in [0.2, 0.25) is 5.82 Å². The fourth-order valence-corrected chi connectivity index (χ4v) is 0.393. The van der Waals surface area contributed by atoms with Crippen molar-refractivity contribution in [1.82, 2.24) is 9.97 Å². The molecule has 6 nitrogen and oxygen atoms in total. The molecule has 0 aliphatic carbocycles. The van der Waals surface area contributed by atoms with E-state index in [2.05, 4.69) is 0 Å². The molecule has 0 saturated carbocycles. The first kappa shape index (κ1) is 12.5. The standard InChI is InChI=1S/C4H3FN2O2.C3H8O2/c5-2-1-6-4(9)7-3(2)8;1-3(5)2-4/h1H,(H2,6,7,8,9);3-5H,2H2,1H3. The van der Waals surface area contributed by atoms with Crippen molar-refractivity contribution in [3.63, 3.8) is 0 Å². The second-order valence-electron chi connectivity index (χ2n) is 2.45. The van der Waals surface area contributed by atoms with Crippen LogP contribution in [0.25, 0.3) is 0 Å². The van der Waals surface area contributed by atoms with Crippen LogP contribution in [-0.2, 0) is 0 Å². The van der Waals surface area contributed by atoms with E-state index in [0.29, 0.717) is 6.20 Å². The predicted octanol–water partition coefficient (Wildman–Crippen LogP) is -1.44. The molecule has 1 aromatic rings. The summed E-state index contributed by atoms with van der Waals surface area (Å²) in [6.45, 7) is 1.39. The molecule has 0 spiro atoms. The highest BCUT2D eigenvalue weighted by Gasteiger charge is 1.93. The van der Waals surface area contributed by atoms with Crippen molar-refractivity contribution in [2.75, 3.05) is 6.61 Å². The largest absolute Gasteiger partial charge is 0.394 e. The van der Waals surface area contributed by atoms with Crippen molar-refractivity contribution in [2.24, 2.45) is 0 Å². The molecular formula is C7H11FN2O4. The zero-order valence-electron chi connectivity index (χ0n) is 7.45. The predicted molar refractivity (Wildman–Crippen MR) is 46.4 cm³/mol. The van der Waals surface area contributed by atoms with Crippen molar-refractivity contribution >= 4 is 0 Å². The van der Waals surface area contributed by atoms with Crippen LogP contribution in [0, 0.1) is 5.82 Å². The zero-order valence-corrected chi connectivity index (χ0v) is 7.45. The Hall–Kier alpha value is -1.47. The molecule has 1 heterocycles. The molecule has 0 amide bonds. The number of H-pyrrole nitrogens is 2. The lowest BCUT2D eigenvalue weighted by Gasteiger charge is -1.90. The van der Waals surface area contributed by atoms with Crippen molar-refractivity contribution < 1.29 is 14.6 Å². The van der Waals surface area contributed by atoms with Crippen LogP contribution in [0.4, 0.5) is 4.39 Å². The Kier molecular flexibility index (Phi) is 5.42. The molecule has 1 unspecified atom stereocenters. The summed E-state index contributed by atoms with van der Waals surface area (Å²) in [5, 5.41) is 16.0. The van der Waals surface area contributed by atoms with Crippen LogP contribution in [-0.4, -0.2) is 32.9 Å². The van der Waals surface area contributed by atoms with Crippen molar-refractivity contribution in [3.05, 3.63) is 32.9 Å². The maximum Gasteiger partial charge on any atom is 0.325 e. The van der Waals surface area contributed by atoms with Gasteiger partial charge in [0.15, 0.2) is 0 Å². The third-order valence-electron chi connectivity index (χ3n) is 1.04. The SMILES string of the molecule is CC(O)CO.O=c1[nH]cc(F)c(=O)[nH]1. The van der Waals surface area contributed by atoms with Crippen molar-refractivity contribution in [1.29, 1.82) is 0 Å². The van der Waals surface area contributed by atoms with Gasteiger partial charge in [-0.2, -0.15) is 4.39 Å². The van der Waals surface area contributed by atoms with Gasteiger partial charge in [-0.05, 0) is 6.92 Å². The highest BCUT2D eigenvalue weighted by atomic mass is 19.1. The third-order valence-corrected chi connectivity index (χ3v) is 1.04. The van der Waals surface area contributed by atoms with Crippen LogP contribution < -0.4 is 11.2 Å². The normalized spacial score (nSPS) is 11.4. The minimum atomic E-state index is -1.00. The molecule has 0 radical (unpaired) electrons. The highest BCUT2D eigenvalue weighted by Crippen LogP contribution is 1.74. The Morgan fingerprint density at radius 3 is 2.36 bits per heavy atom. The van der Waals surface area contributed by atoms with E-state index in [1.807, 2.05) is 4.98 Å². The molecule has 80 valence electrons. The molecule has 1 atom stereocenters. The van der Waals surface area contributed by atoms with Gasteiger partial charge in [-0.3, -0.25) is 9.78 Å². The van der Waals surface area contributed by atoms with E-state index < -0.39 is 23.2 Å². The van der Waals surface area contributed by atoms with Gasteiger partial charge in [0.1, 0.15) is 0 Å². The average molecular weight is 206 g/mol. The molecule has 1 rings (SSSR count). The summed E-state index contributed by atoms with van der Waals surface area (Å²) in [6.07, 6.45) is 0.149. The van der Waals surface area contributed by atoms with Gasteiger partial charge in [0, 0.05) is 6.20 Å². The van der Waals surface area contributed by atoms with Gasteiger partial charge in [0.25, 0.3) is 5.56 Å². The maximum atomic E-state index is 12.0. The van der Waals surface area contributed by atoms with Gasteiger partial charge < -0.3 is 15.2 Å². The number of aromatic nitrogens is 2. The molecule has 7 heteroatoms. The Bertz CT molecular complexity index is 370. The van der Waals surface area contributed by atoms with E-state index in [1.165, 1.54) is 6.92 Å². The van der Waals surface area contributed by atoms with Gasteiger partial charge in [-0.15, -0.1) is 0 Å². The van der Waals surface area contributed by atoms with Crippen LogP contribution >= 0.6 is 0 Å². The average Bonchev–Trinajstić information content (AvgIpc) is 2.13. The molecule has 0 aromatic carbocycles. The van der Waals surface area contributed by atoms with Crippen LogP contribution in [0.2, 0.25) is 0 Å². The third kappa shape index (κ3) is 5.22. The number of hydrogen-bond donors (Lipinski definition) is 4. The van der Waals surface area contributed by atoms with Crippen molar-refractivity contribution in [3.8, 4) is 0 Å². The Morgan fingerprint density at radius 2 is 2.07 bits per heavy atom. The lowest BCUT2D eigenvalue weighted by Crippen LogP contribution is -2.23. The number of hydrogen-bond acceptors (Lipinski definition) is 4. The Labute approximate surface area is 78.0 Å². The minimum Gasteiger partial charge on any atom is -0.394 e. The summed E-state index contributed by atoms with van der Waals surface area (Å²) in [5.41, 5.74) is -1.71. The number of aromatic amines is 2. The first-order valence-electron chi connectivity index (χ1n) is 3.73. The second-order valence-corrected chi connectivity index (χ2v) is 2.45. The molecule has 1 aromatic heterocycles. The smallest absolute Gasteiger partial charge is 0.325 e. The molecule has 4 N–H and O–H groups in total. The van der Waals surface area contributed by atoms with Crippen LogP contribution in [0.15, 0.2) is 15.8 Å². The Balaban J connectivity index is 0.000000292. The number of halogens is 1. The van der Waals surface area contributed by atoms with Crippen LogP contribution in [0.3, 0.4) is 0 Å². The summed E-state index contributed by atoms with van der Waals surface area (Å²) < 4.78 is 12.0. The zero-order chi connectivity index (χ0) is 11.1. The highest BCUT2D eigenvalue weighted by molar-refractivity contribution is 4.83. The van der Waals surface area contributed by atoms with Gasteiger partial charge in [-0.25, -0.2) is 4.79 Å². The summed E-state index contributed by atoms with van der Waals surface area (Å²) in [6, 6.07) is 0. The van der Waals surface area contributed by atoms with E-state index >= 15 is 0 Å². The summed E-state index contributed by atoms with van der Waals surface area (Å²) in [7, 11) is 0. The summed E-state index contributed by atoms with van der Waals surface area (Å²) in [5.74, 6) is -0.991. The van der Waals surface area contributed by atoms with E-state index in [0.717, 1.165) is 0 Å². The summed E-state index contributed by atoms with van der Waals surface area (Å²) in [4.78, 5) is 24.0. The molecule has 0 saturated heterocycles. The molecule has 0 aliphatic heterocycles. The van der Waals surface area contributed by atoms with E-state index in [-0.39, 0.29) is 6.61 Å². The van der Waals surface area contributed by atoms with Gasteiger partial charge in [0.05, 0.1) is 12.7 Å². The minimum absolute atomic E-state index is 0.139. The lowest BCUT2D eigenvalue weighted by atomic mass is 10.5. The first-order chi connectivity index (χ1) is 6.47. The van der Waals surface area contributed by atoms with Crippen LogP contribution in [0.5, 0.6) is 0 Å². The second kappa shape index (κ2) is 6.06. The van der Waals surface area contributed by atoms with E-state index in [4.69, 9.17) is 10.2 Å². The lowest BCUT2D eigenvalue weighted by molar-refractivity contribution is 0.110. The fraction of sp³-hybridized carbons (Fsp3) is 0.429. The molecule has 0 bridgehead atoms. The number of rotatable bonds is 1. The van der Waals surface area contributed by atoms with E-state index in [9.17, 15) is 14.0 Å². The number of aliphatic hydroxyl groups excluding tert-OH is 2. The first-order valence-corrected chi connectivity index (χ1v) is 3.73. The van der Waals surface area contributed by atoms with E-state index in [1.54, 1.807) is 4.98 Å². The van der Waals surface area contributed by atoms with Gasteiger partial charge >= 0.3 is 5.69 Å². The monoisotopic (exact) mass is 206 g/mol. The summed E-state index contributed by atoms with van der Waals surface area (Å²) >= 11 is 0. The molecule has 0 aliphatic rings. The Morgan fingerprint density at radius 1 is 1.57 bits per heavy atom. The van der Waals surface area contributed by atoms with Crippen molar-refractivity contribution in [2.45, 2.75) is 13.0 Å². The molecule has 0 fully saturated rings. The number of aliphatic hydroxyl groups is 2. The number of nitrogens with one attached hydrogen (secondary N) is 2. The topological polar surface area (TPSA) is 106 Å².